The molecule has 0 bridgehead atoms. The Morgan fingerprint density at radius 3 is 2.33 bits per heavy atom. The molecule has 18 heavy (non-hydrogen) atoms. The number of likely N-dealkylation sites (N-methyl/N-ethyl adjacent to an activating group) is 1. The highest BCUT2D eigenvalue weighted by Gasteiger charge is 2.30. The zero-order chi connectivity index (χ0) is 13.3. The number of halogens is 3. The third-order valence-corrected chi connectivity index (χ3v) is 2.66. The van der Waals surface area contributed by atoms with Crippen molar-refractivity contribution in [3.63, 3.8) is 0 Å². The van der Waals surface area contributed by atoms with Crippen LogP contribution in [0.5, 0.6) is 0 Å². The topological polar surface area (TPSA) is 39.1 Å². The Bertz CT molecular complexity index is 456. The van der Waals surface area contributed by atoms with Crippen LogP contribution in [0.15, 0.2) is 29.4 Å². The number of amidine groups is 1. The predicted molar refractivity (Wildman–Crippen MR) is 61.1 cm³/mol. The van der Waals surface area contributed by atoms with Crippen LogP contribution >= 0.6 is 0 Å². The molecule has 0 fully saturated rings. The fraction of sp³-hybridized carbons (Fsp3) is 0.364. The number of hydrazone groups is 1. The molecule has 0 spiro atoms. The minimum atomic E-state index is -4.33. The van der Waals surface area contributed by atoms with Crippen LogP contribution < -0.4 is 5.01 Å². The molecule has 0 amide bonds. The standard InChI is InChI=1S/C11H12F3N3O/c1-16-7-17(15-10(16)6-18)9-4-2-8(3-5-9)11(12,13)14/h2-5,18H,6-7H2,1H3. The third kappa shape index (κ3) is 2.40. The number of benzene rings is 1. The monoisotopic (exact) mass is 259 g/mol. The lowest BCUT2D eigenvalue weighted by Crippen LogP contribution is -2.28. The SMILES string of the molecule is CN1CN(c2ccc(C(F)(F)F)cc2)N=C1CO. The first kappa shape index (κ1) is 12.7. The van der Waals surface area contributed by atoms with Gasteiger partial charge in [-0.15, -0.1) is 0 Å². The Kier molecular flexibility index (Phi) is 3.16. The van der Waals surface area contributed by atoms with Gasteiger partial charge in [0.2, 0.25) is 0 Å². The number of anilines is 1. The van der Waals surface area contributed by atoms with Gasteiger partial charge in [0.25, 0.3) is 0 Å². The van der Waals surface area contributed by atoms with E-state index >= 15 is 0 Å². The molecule has 1 aromatic rings. The molecule has 1 aliphatic heterocycles. The molecule has 1 aliphatic rings. The molecule has 0 saturated carbocycles. The van der Waals surface area contributed by atoms with Gasteiger partial charge in [-0.2, -0.15) is 18.3 Å². The molecule has 0 unspecified atom stereocenters. The number of hydrogen-bond donors (Lipinski definition) is 1. The van der Waals surface area contributed by atoms with Crippen LogP contribution in [-0.4, -0.2) is 36.2 Å². The van der Waals surface area contributed by atoms with Gasteiger partial charge in [-0.05, 0) is 24.3 Å². The Morgan fingerprint density at radius 2 is 1.89 bits per heavy atom. The van der Waals surface area contributed by atoms with E-state index < -0.39 is 11.7 Å². The first-order valence-corrected chi connectivity index (χ1v) is 5.26. The van der Waals surface area contributed by atoms with Crippen LogP contribution in [-0.2, 0) is 6.18 Å². The quantitative estimate of drug-likeness (QED) is 0.879. The second kappa shape index (κ2) is 4.49. The van der Waals surface area contributed by atoms with E-state index in [9.17, 15) is 13.2 Å². The van der Waals surface area contributed by atoms with Crippen molar-refractivity contribution in [1.29, 1.82) is 0 Å². The molecule has 98 valence electrons. The lowest BCUT2D eigenvalue weighted by Gasteiger charge is -2.16. The van der Waals surface area contributed by atoms with E-state index in [2.05, 4.69) is 5.10 Å². The molecule has 1 heterocycles. The van der Waals surface area contributed by atoms with Crippen LogP contribution in [0, 0.1) is 0 Å². The molecule has 0 atom stereocenters. The van der Waals surface area contributed by atoms with E-state index in [1.165, 1.54) is 17.1 Å². The van der Waals surface area contributed by atoms with Crippen molar-refractivity contribution in [1.82, 2.24) is 4.90 Å². The van der Waals surface area contributed by atoms with Crippen molar-refractivity contribution < 1.29 is 18.3 Å². The van der Waals surface area contributed by atoms with Gasteiger partial charge in [-0.25, -0.2) is 5.01 Å². The van der Waals surface area contributed by atoms with E-state index in [4.69, 9.17) is 5.11 Å². The highest BCUT2D eigenvalue weighted by Crippen LogP contribution is 2.31. The van der Waals surface area contributed by atoms with Crippen LogP contribution in [0.1, 0.15) is 5.56 Å². The molecule has 0 aliphatic carbocycles. The fourth-order valence-corrected chi connectivity index (χ4v) is 1.64. The Hall–Kier alpha value is -1.76. The van der Waals surface area contributed by atoms with Crippen LogP contribution in [0.3, 0.4) is 0 Å². The van der Waals surface area contributed by atoms with E-state index in [0.717, 1.165) is 12.1 Å². The fourth-order valence-electron chi connectivity index (χ4n) is 1.64. The van der Waals surface area contributed by atoms with Crippen molar-refractivity contribution in [2.45, 2.75) is 6.18 Å². The lowest BCUT2D eigenvalue weighted by molar-refractivity contribution is -0.137. The molecule has 2 rings (SSSR count). The van der Waals surface area contributed by atoms with Gasteiger partial charge in [-0.1, -0.05) is 0 Å². The summed E-state index contributed by atoms with van der Waals surface area (Å²) in [6, 6.07) is 4.75. The zero-order valence-corrected chi connectivity index (χ0v) is 9.65. The Labute approximate surface area is 102 Å². The Balaban J connectivity index is 2.19. The van der Waals surface area contributed by atoms with Gasteiger partial charge in [0.1, 0.15) is 13.3 Å². The number of aliphatic hydroxyl groups is 1. The zero-order valence-electron chi connectivity index (χ0n) is 9.65. The highest BCUT2D eigenvalue weighted by atomic mass is 19.4. The van der Waals surface area contributed by atoms with Crippen LogP contribution in [0.2, 0.25) is 0 Å². The summed E-state index contributed by atoms with van der Waals surface area (Å²) in [6.07, 6.45) is -4.33. The molecule has 4 nitrogen and oxygen atoms in total. The number of rotatable bonds is 2. The largest absolute Gasteiger partial charge is 0.416 e. The second-order valence-corrected chi connectivity index (χ2v) is 3.96. The van der Waals surface area contributed by atoms with Crippen molar-refractivity contribution in [3.05, 3.63) is 29.8 Å². The normalized spacial score (nSPS) is 16.2. The molecule has 1 N–H and O–H groups in total. The molecule has 0 saturated heterocycles. The number of aliphatic hydroxyl groups excluding tert-OH is 1. The summed E-state index contributed by atoms with van der Waals surface area (Å²) in [5, 5.41) is 14.6. The maximum Gasteiger partial charge on any atom is 0.416 e. The van der Waals surface area contributed by atoms with E-state index in [-0.39, 0.29) is 6.61 Å². The van der Waals surface area contributed by atoms with Crippen molar-refractivity contribution >= 4 is 11.5 Å². The maximum atomic E-state index is 12.4. The number of alkyl halides is 3. The summed E-state index contributed by atoms with van der Waals surface area (Å²) >= 11 is 0. The maximum absolute atomic E-state index is 12.4. The van der Waals surface area contributed by atoms with E-state index in [0.29, 0.717) is 18.2 Å². The molecule has 0 aromatic heterocycles. The van der Waals surface area contributed by atoms with Crippen molar-refractivity contribution in [2.24, 2.45) is 5.10 Å². The smallest absolute Gasteiger partial charge is 0.388 e. The molecule has 7 heteroatoms. The number of hydrogen-bond acceptors (Lipinski definition) is 4. The number of nitrogens with zero attached hydrogens (tertiary/aromatic N) is 3. The molecule has 0 radical (unpaired) electrons. The first-order chi connectivity index (χ1) is 8.41. The van der Waals surface area contributed by atoms with Crippen LogP contribution in [0.4, 0.5) is 18.9 Å². The Morgan fingerprint density at radius 1 is 1.28 bits per heavy atom. The summed E-state index contributed by atoms with van der Waals surface area (Å²) in [6.45, 7) is 0.203. The minimum Gasteiger partial charge on any atom is -0.388 e. The minimum absolute atomic E-state index is 0.201. The summed E-state index contributed by atoms with van der Waals surface area (Å²) in [4.78, 5) is 1.72. The average Bonchev–Trinajstić information content (AvgIpc) is 2.69. The predicted octanol–water partition coefficient (Wildman–Crippen LogP) is 1.72. The summed E-state index contributed by atoms with van der Waals surface area (Å²) < 4.78 is 37.2. The van der Waals surface area contributed by atoms with Crippen molar-refractivity contribution in [3.8, 4) is 0 Å². The van der Waals surface area contributed by atoms with Crippen molar-refractivity contribution in [2.75, 3.05) is 25.3 Å². The van der Waals surface area contributed by atoms with Gasteiger partial charge in [-0.3, -0.25) is 0 Å². The van der Waals surface area contributed by atoms with E-state index in [1.807, 2.05) is 0 Å². The van der Waals surface area contributed by atoms with Crippen LogP contribution in [0.25, 0.3) is 0 Å². The van der Waals surface area contributed by atoms with Gasteiger partial charge >= 0.3 is 6.18 Å². The summed E-state index contributed by atoms with van der Waals surface area (Å²) in [7, 11) is 1.75. The average molecular weight is 259 g/mol. The summed E-state index contributed by atoms with van der Waals surface area (Å²) in [5.74, 6) is 0.481. The van der Waals surface area contributed by atoms with Gasteiger partial charge < -0.3 is 10.0 Å². The third-order valence-electron chi connectivity index (χ3n) is 2.66. The van der Waals surface area contributed by atoms with Gasteiger partial charge in [0.05, 0.1) is 11.3 Å². The van der Waals surface area contributed by atoms with E-state index in [1.54, 1.807) is 11.9 Å². The first-order valence-electron chi connectivity index (χ1n) is 5.26. The second-order valence-electron chi connectivity index (χ2n) is 3.96. The van der Waals surface area contributed by atoms with Gasteiger partial charge in [0, 0.05) is 7.05 Å². The summed E-state index contributed by atoms with van der Waals surface area (Å²) in [5.41, 5.74) is -0.136. The molecular weight excluding hydrogens is 247 g/mol. The lowest BCUT2D eigenvalue weighted by atomic mass is 10.2. The highest BCUT2D eigenvalue weighted by molar-refractivity contribution is 5.86. The molecule has 1 aromatic carbocycles. The molecular formula is C11H12F3N3O. The van der Waals surface area contributed by atoms with Gasteiger partial charge in [0.15, 0.2) is 5.84 Å².